The molecule has 0 saturated carbocycles. The highest BCUT2D eigenvalue weighted by Gasteiger charge is 2.43. The zero-order chi connectivity index (χ0) is 20.7. The smallest absolute Gasteiger partial charge is 0.123 e. The molecular weight excluding hydrogens is 370 g/mol. The van der Waals surface area contributed by atoms with Crippen molar-refractivity contribution in [3.05, 3.63) is 54.2 Å². The molecule has 5 rings (SSSR count). The van der Waals surface area contributed by atoms with Crippen LogP contribution in [0, 0.1) is 6.92 Å². The third-order valence-corrected chi connectivity index (χ3v) is 7.24. The largest absolute Gasteiger partial charge is 0.371 e. The first-order valence-electron chi connectivity index (χ1n) is 11.4. The van der Waals surface area contributed by atoms with Gasteiger partial charge in [-0.15, -0.1) is 0 Å². The van der Waals surface area contributed by atoms with Gasteiger partial charge in [-0.2, -0.15) is 0 Å². The van der Waals surface area contributed by atoms with E-state index in [1.165, 1.54) is 49.1 Å². The molecule has 2 fully saturated rings. The Kier molecular flexibility index (Phi) is 5.02. The summed E-state index contributed by atoms with van der Waals surface area (Å²) in [6, 6.07) is 11.3. The van der Waals surface area contributed by atoms with Crippen LogP contribution >= 0.6 is 0 Å². The number of imidazole rings is 1. The van der Waals surface area contributed by atoms with Crippen LogP contribution in [0.2, 0.25) is 0 Å². The van der Waals surface area contributed by atoms with Crippen LogP contribution in [0.15, 0.2) is 42.7 Å². The van der Waals surface area contributed by atoms with Crippen LogP contribution in [-0.4, -0.2) is 44.6 Å². The standard InChI is InChI=1S/C25H33N5/c1-19(2)30-16-12-26-24(30)18-29-13-6-9-25(29)10-14-28(15-11-25)23-17-20(3)27-22-8-5-4-7-21(22)23/h4-5,7-8,12,16-17,19H,6,9-11,13-15,18H2,1-3H3. The monoisotopic (exact) mass is 403 g/mol. The first-order valence-corrected chi connectivity index (χ1v) is 11.4. The molecule has 0 N–H and O–H groups in total. The van der Waals surface area contributed by atoms with Gasteiger partial charge in [0.25, 0.3) is 0 Å². The van der Waals surface area contributed by atoms with Crippen molar-refractivity contribution in [1.82, 2.24) is 19.4 Å². The molecule has 2 aliphatic rings. The summed E-state index contributed by atoms with van der Waals surface area (Å²) in [5.74, 6) is 1.21. The fourth-order valence-corrected chi connectivity index (χ4v) is 5.63. The van der Waals surface area contributed by atoms with E-state index in [0.29, 0.717) is 11.6 Å². The van der Waals surface area contributed by atoms with Crippen molar-refractivity contribution in [3.63, 3.8) is 0 Å². The Hall–Kier alpha value is -2.40. The summed E-state index contributed by atoms with van der Waals surface area (Å²) in [7, 11) is 0. The average Bonchev–Trinajstić information content (AvgIpc) is 3.36. The molecule has 3 aromatic rings. The van der Waals surface area contributed by atoms with Crippen molar-refractivity contribution in [2.45, 2.75) is 64.6 Å². The molecule has 158 valence electrons. The van der Waals surface area contributed by atoms with E-state index in [-0.39, 0.29) is 0 Å². The zero-order valence-corrected chi connectivity index (χ0v) is 18.5. The molecule has 0 aliphatic carbocycles. The second kappa shape index (κ2) is 7.69. The molecular formula is C25H33N5. The Labute approximate surface area is 179 Å². The minimum Gasteiger partial charge on any atom is -0.371 e. The zero-order valence-electron chi connectivity index (χ0n) is 18.5. The number of hydrogen-bond acceptors (Lipinski definition) is 4. The number of aromatic nitrogens is 3. The molecule has 0 unspecified atom stereocenters. The Bertz CT molecular complexity index is 1030. The summed E-state index contributed by atoms with van der Waals surface area (Å²) in [6.45, 7) is 11.0. The number of rotatable bonds is 4. The van der Waals surface area contributed by atoms with Crippen molar-refractivity contribution >= 4 is 16.6 Å². The van der Waals surface area contributed by atoms with E-state index >= 15 is 0 Å². The van der Waals surface area contributed by atoms with Gasteiger partial charge in [-0.1, -0.05) is 18.2 Å². The van der Waals surface area contributed by atoms with E-state index in [0.717, 1.165) is 30.8 Å². The number of piperidine rings is 1. The Morgan fingerprint density at radius 2 is 1.87 bits per heavy atom. The van der Waals surface area contributed by atoms with Gasteiger partial charge in [0.05, 0.1) is 12.1 Å². The fourth-order valence-electron chi connectivity index (χ4n) is 5.63. The predicted molar refractivity (Wildman–Crippen MR) is 123 cm³/mol. The average molecular weight is 404 g/mol. The highest BCUT2D eigenvalue weighted by atomic mass is 15.3. The van der Waals surface area contributed by atoms with Gasteiger partial charge in [0.1, 0.15) is 5.82 Å². The van der Waals surface area contributed by atoms with Crippen molar-refractivity contribution in [2.75, 3.05) is 24.5 Å². The maximum atomic E-state index is 4.73. The molecule has 5 nitrogen and oxygen atoms in total. The van der Waals surface area contributed by atoms with Gasteiger partial charge in [-0.05, 0) is 65.1 Å². The maximum Gasteiger partial charge on any atom is 0.123 e. The molecule has 1 spiro atoms. The van der Waals surface area contributed by atoms with Crippen LogP contribution in [-0.2, 0) is 6.54 Å². The third-order valence-electron chi connectivity index (χ3n) is 7.24. The van der Waals surface area contributed by atoms with E-state index in [2.05, 4.69) is 76.7 Å². The number of para-hydroxylation sites is 1. The second-order valence-corrected chi connectivity index (χ2v) is 9.38. The Balaban J connectivity index is 1.35. The van der Waals surface area contributed by atoms with Gasteiger partial charge in [-0.25, -0.2) is 4.98 Å². The number of nitrogens with zero attached hydrogens (tertiary/aromatic N) is 5. The number of anilines is 1. The van der Waals surface area contributed by atoms with E-state index in [1.807, 2.05) is 6.20 Å². The van der Waals surface area contributed by atoms with E-state index in [1.54, 1.807) is 0 Å². The lowest BCUT2D eigenvalue weighted by atomic mass is 9.84. The van der Waals surface area contributed by atoms with Crippen LogP contribution < -0.4 is 4.90 Å². The number of fused-ring (bicyclic) bond motifs is 1. The molecule has 0 bridgehead atoms. The summed E-state index contributed by atoms with van der Waals surface area (Å²) in [5, 5.41) is 1.28. The summed E-state index contributed by atoms with van der Waals surface area (Å²) in [4.78, 5) is 14.8. The van der Waals surface area contributed by atoms with Crippen molar-refractivity contribution in [2.24, 2.45) is 0 Å². The van der Waals surface area contributed by atoms with Crippen molar-refractivity contribution in [3.8, 4) is 0 Å². The highest BCUT2D eigenvalue weighted by molar-refractivity contribution is 5.92. The van der Waals surface area contributed by atoms with Gasteiger partial charge in [0, 0.05) is 53.8 Å². The predicted octanol–water partition coefficient (Wildman–Crippen LogP) is 4.96. The van der Waals surface area contributed by atoms with Crippen LogP contribution in [0.4, 0.5) is 5.69 Å². The van der Waals surface area contributed by atoms with Crippen LogP contribution in [0.3, 0.4) is 0 Å². The first kappa shape index (κ1) is 19.6. The number of aryl methyl sites for hydroxylation is 1. The number of likely N-dealkylation sites (tertiary alicyclic amines) is 1. The van der Waals surface area contributed by atoms with Gasteiger partial charge < -0.3 is 9.47 Å². The van der Waals surface area contributed by atoms with E-state index in [9.17, 15) is 0 Å². The summed E-state index contributed by atoms with van der Waals surface area (Å²) in [6.07, 6.45) is 9.16. The van der Waals surface area contributed by atoms with Crippen molar-refractivity contribution < 1.29 is 0 Å². The van der Waals surface area contributed by atoms with Crippen LogP contribution in [0.25, 0.3) is 10.9 Å². The van der Waals surface area contributed by atoms with Gasteiger partial charge in [-0.3, -0.25) is 9.88 Å². The van der Waals surface area contributed by atoms with Crippen molar-refractivity contribution in [1.29, 1.82) is 0 Å². The number of pyridine rings is 1. The molecule has 2 aromatic heterocycles. The van der Waals surface area contributed by atoms with Gasteiger partial charge in [0.2, 0.25) is 0 Å². The molecule has 1 aromatic carbocycles. The van der Waals surface area contributed by atoms with Crippen LogP contribution in [0.5, 0.6) is 0 Å². The minimum absolute atomic E-state index is 0.335. The van der Waals surface area contributed by atoms with Crippen LogP contribution in [0.1, 0.15) is 57.1 Å². The molecule has 2 saturated heterocycles. The normalized spacial score (nSPS) is 19.4. The molecule has 5 heteroatoms. The molecule has 30 heavy (non-hydrogen) atoms. The lowest BCUT2D eigenvalue weighted by molar-refractivity contribution is 0.0955. The summed E-state index contributed by atoms with van der Waals surface area (Å²) in [5.41, 5.74) is 3.90. The molecule has 4 heterocycles. The topological polar surface area (TPSA) is 37.2 Å². The van der Waals surface area contributed by atoms with E-state index in [4.69, 9.17) is 4.98 Å². The lowest BCUT2D eigenvalue weighted by Gasteiger charge is -2.46. The molecule has 2 aliphatic heterocycles. The maximum absolute atomic E-state index is 4.73. The number of benzene rings is 1. The molecule has 0 atom stereocenters. The first-order chi connectivity index (χ1) is 14.6. The third kappa shape index (κ3) is 3.39. The number of hydrogen-bond donors (Lipinski definition) is 0. The SMILES string of the molecule is Cc1cc(N2CCC3(CCCN3Cc3nccn3C(C)C)CC2)c2ccccc2n1. The minimum atomic E-state index is 0.335. The Morgan fingerprint density at radius 1 is 1.07 bits per heavy atom. The van der Waals surface area contributed by atoms with Gasteiger partial charge >= 0.3 is 0 Å². The fraction of sp³-hybridized carbons (Fsp3) is 0.520. The quantitative estimate of drug-likeness (QED) is 0.617. The second-order valence-electron chi connectivity index (χ2n) is 9.38. The lowest BCUT2D eigenvalue weighted by Crippen LogP contribution is -2.52. The summed E-state index contributed by atoms with van der Waals surface area (Å²) >= 11 is 0. The highest BCUT2D eigenvalue weighted by Crippen LogP contribution is 2.41. The summed E-state index contributed by atoms with van der Waals surface area (Å²) < 4.78 is 2.33. The van der Waals surface area contributed by atoms with E-state index < -0.39 is 0 Å². The molecule has 0 radical (unpaired) electrons. The molecule has 0 amide bonds. The van der Waals surface area contributed by atoms with Gasteiger partial charge in [0.15, 0.2) is 0 Å². The Morgan fingerprint density at radius 3 is 2.67 bits per heavy atom.